The Morgan fingerprint density at radius 1 is 0.588 bits per heavy atom. The van der Waals surface area contributed by atoms with Crippen LogP contribution in [0, 0.1) is 0 Å². The largest absolute Gasteiger partial charge is 0.455 e. The van der Waals surface area contributed by atoms with Crippen LogP contribution >= 0.6 is 7.82 Å². The smallest absolute Gasteiger partial charge is 0.415 e. The highest BCUT2D eigenvalue weighted by molar-refractivity contribution is 7.52. The Morgan fingerprint density at radius 2 is 1.00 bits per heavy atom. The first-order valence-corrected chi connectivity index (χ1v) is 25.6. The van der Waals surface area contributed by atoms with Gasteiger partial charge in [0, 0.05) is 6.10 Å². The van der Waals surface area contributed by atoms with E-state index < -0.39 is 32.8 Å². The average Bonchev–Trinajstić information content (AvgIpc) is 2.61. The molecule has 0 aliphatic rings. The maximum Gasteiger partial charge on any atom is 0.455 e. The molecule has 0 aromatic carbocycles. The first kappa shape index (κ1) is 34.7. The van der Waals surface area contributed by atoms with E-state index in [0.29, 0.717) is 12.7 Å². The van der Waals surface area contributed by atoms with Gasteiger partial charge in [-0.25, -0.2) is 4.57 Å². The zero-order valence-electron chi connectivity index (χ0n) is 24.5. The molecule has 34 heavy (non-hydrogen) atoms. The first-order valence-electron chi connectivity index (χ1n) is 13.9. The highest BCUT2D eigenvalue weighted by atomic mass is 31.2. The molecular weight excluding hydrogens is 496 g/mol. The number of phosphoric acid groups is 1. The van der Waals surface area contributed by atoms with Gasteiger partial charge in [-0.15, -0.1) is 0 Å². The lowest BCUT2D eigenvalue weighted by atomic mass is 10.0. The van der Waals surface area contributed by atoms with E-state index in [1.54, 1.807) is 0 Å². The van der Waals surface area contributed by atoms with Gasteiger partial charge >= 0.3 is 7.82 Å². The number of rotatable bonds is 22. The van der Waals surface area contributed by atoms with Gasteiger partial charge in [0.2, 0.25) is 0 Å². The van der Waals surface area contributed by atoms with Crippen LogP contribution in [0.1, 0.15) is 90.4 Å². The molecule has 0 spiro atoms. The van der Waals surface area contributed by atoms with Crippen molar-refractivity contribution in [1.82, 2.24) is 0 Å². The van der Waals surface area contributed by atoms with Gasteiger partial charge in [0.25, 0.3) is 0 Å². The monoisotopic (exact) mass is 554 g/mol. The van der Waals surface area contributed by atoms with Crippen LogP contribution in [0.3, 0.4) is 0 Å². The van der Waals surface area contributed by atoms with Gasteiger partial charge in [-0.3, -0.25) is 4.52 Å². The van der Waals surface area contributed by atoms with Crippen LogP contribution in [0.5, 0.6) is 0 Å². The van der Waals surface area contributed by atoms with Crippen molar-refractivity contribution in [3.63, 3.8) is 0 Å². The van der Waals surface area contributed by atoms with Crippen molar-refractivity contribution in [3.8, 4) is 0 Å². The highest BCUT2D eigenvalue weighted by Crippen LogP contribution is 2.54. The number of hydrogen-bond acceptors (Lipinski definition) is 5. The molecule has 0 rings (SSSR count). The minimum Gasteiger partial charge on any atom is -0.415 e. The molecule has 0 N–H and O–H groups in total. The molecule has 0 aromatic rings. The van der Waals surface area contributed by atoms with E-state index >= 15 is 0 Å². The Balaban J connectivity index is 3.83. The maximum absolute atomic E-state index is 13.1. The zero-order chi connectivity index (χ0) is 26.3. The molecular formula is C25H59O5PSi3. The second kappa shape index (κ2) is 17.3. The number of hydrogen-bond donors (Lipinski definition) is 0. The van der Waals surface area contributed by atoms with E-state index in [9.17, 15) is 4.57 Å². The summed E-state index contributed by atoms with van der Waals surface area (Å²) in [5, 5.41) is 0. The van der Waals surface area contributed by atoms with Crippen molar-refractivity contribution in [3.05, 3.63) is 0 Å². The Bertz CT molecular complexity index is 536. The van der Waals surface area contributed by atoms with Crippen LogP contribution in [0.4, 0.5) is 0 Å². The van der Waals surface area contributed by atoms with Crippen LogP contribution in [0.2, 0.25) is 58.9 Å². The normalized spacial score (nSPS) is 14.5. The maximum atomic E-state index is 13.1. The summed E-state index contributed by atoms with van der Waals surface area (Å²) < 4.78 is 36.7. The summed E-state index contributed by atoms with van der Waals surface area (Å²) >= 11 is 0. The quantitative estimate of drug-likeness (QED) is 0.0757. The number of unbranched alkanes of at least 4 members (excludes halogenated alkanes) is 9. The standard InChI is InChI=1S/C25H59O5PSi3/c1-11-22-25(28-32(2,3)4)23-20-18-16-14-12-13-15-17-19-21-24-27-31(26,29-33(5,6)7)30-34(8,9)10/h25H,11-24H2,1-10H3. The zero-order valence-corrected chi connectivity index (χ0v) is 28.4. The molecule has 0 saturated heterocycles. The van der Waals surface area contributed by atoms with Gasteiger partial charge in [0.15, 0.2) is 25.0 Å². The summed E-state index contributed by atoms with van der Waals surface area (Å²) in [4.78, 5) is 0. The molecule has 0 saturated carbocycles. The topological polar surface area (TPSA) is 54.0 Å². The van der Waals surface area contributed by atoms with Crippen molar-refractivity contribution in [2.24, 2.45) is 0 Å². The molecule has 9 heteroatoms. The van der Waals surface area contributed by atoms with E-state index in [2.05, 4.69) is 26.6 Å². The molecule has 0 fully saturated rings. The van der Waals surface area contributed by atoms with E-state index in [1.165, 1.54) is 70.6 Å². The molecule has 206 valence electrons. The van der Waals surface area contributed by atoms with Crippen molar-refractivity contribution in [1.29, 1.82) is 0 Å². The molecule has 0 aliphatic carbocycles. The summed E-state index contributed by atoms with van der Waals surface area (Å²) in [5.74, 6) is 0. The molecule has 0 heterocycles. The first-order chi connectivity index (χ1) is 15.6. The summed E-state index contributed by atoms with van der Waals surface area (Å²) in [5.41, 5.74) is 0. The molecule has 0 radical (unpaired) electrons. The molecule has 0 amide bonds. The highest BCUT2D eigenvalue weighted by Gasteiger charge is 2.38. The summed E-state index contributed by atoms with van der Waals surface area (Å²) in [7, 11) is -8.89. The fraction of sp³-hybridized carbons (Fsp3) is 1.00. The third kappa shape index (κ3) is 23.1. The van der Waals surface area contributed by atoms with Gasteiger partial charge in [-0.1, -0.05) is 71.1 Å². The fourth-order valence-corrected chi connectivity index (χ4v) is 11.8. The Kier molecular flexibility index (Phi) is 17.6. The molecule has 0 bridgehead atoms. The second-order valence-corrected chi connectivity index (χ2v) is 28.2. The summed E-state index contributed by atoms with van der Waals surface area (Å²) in [6.07, 6.45) is 16.7. The lowest BCUT2D eigenvalue weighted by Gasteiger charge is -2.29. The lowest BCUT2D eigenvalue weighted by molar-refractivity contribution is 0.168. The Morgan fingerprint density at radius 3 is 1.38 bits per heavy atom. The molecule has 1 unspecified atom stereocenters. The van der Waals surface area contributed by atoms with E-state index in [0.717, 1.165) is 12.8 Å². The molecule has 0 aliphatic heterocycles. The average molecular weight is 555 g/mol. The third-order valence-electron chi connectivity index (χ3n) is 5.07. The van der Waals surface area contributed by atoms with Gasteiger partial charge in [-0.2, -0.15) is 0 Å². The lowest BCUT2D eigenvalue weighted by Crippen LogP contribution is -2.32. The third-order valence-corrected chi connectivity index (χ3v) is 12.8. The molecule has 1 atom stereocenters. The second-order valence-electron chi connectivity index (χ2n) is 12.7. The summed E-state index contributed by atoms with van der Waals surface area (Å²) in [6.45, 7) is 21.7. The van der Waals surface area contributed by atoms with Crippen LogP contribution in [-0.2, 0) is 21.9 Å². The minimum absolute atomic E-state index is 0.451. The van der Waals surface area contributed by atoms with Crippen LogP contribution in [0.25, 0.3) is 0 Å². The van der Waals surface area contributed by atoms with Crippen LogP contribution < -0.4 is 0 Å². The minimum atomic E-state index is -3.45. The van der Waals surface area contributed by atoms with E-state index in [4.69, 9.17) is 17.4 Å². The van der Waals surface area contributed by atoms with E-state index in [1.807, 2.05) is 39.3 Å². The molecule has 5 nitrogen and oxygen atoms in total. The van der Waals surface area contributed by atoms with Crippen molar-refractivity contribution < 1.29 is 21.9 Å². The van der Waals surface area contributed by atoms with Gasteiger partial charge in [0.1, 0.15) is 0 Å². The van der Waals surface area contributed by atoms with Crippen LogP contribution in [0.15, 0.2) is 0 Å². The Hall–Kier alpha value is 0.721. The SMILES string of the molecule is CCCC(CCCCCCCCCCCCOP(=O)(O[Si](C)(C)C)O[Si](C)(C)C)O[Si](C)(C)C. The summed E-state index contributed by atoms with van der Waals surface area (Å²) in [6, 6.07) is 0. The predicted octanol–water partition coefficient (Wildman–Crippen LogP) is 10.1. The van der Waals surface area contributed by atoms with Crippen molar-refractivity contribution in [2.75, 3.05) is 6.61 Å². The van der Waals surface area contributed by atoms with E-state index in [-0.39, 0.29) is 0 Å². The van der Waals surface area contributed by atoms with Gasteiger partial charge < -0.3 is 12.9 Å². The van der Waals surface area contributed by atoms with Gasteiger partial charge in [0.05, 0.1) is 6.61 Å². The van der Waals surface area contributed by atoms with Crippen LogP contribution in [-0.4, -0.2) is 37.7 Å². The van der Waals surface area contributed by atoms with Crippen molar-refractivity contribution in [2.45, 2.75) is 155 Å². The molecule has 0 aromatic heterocycles. The fourth-order valence-electron chi connectivity index (χ4n) is 3.89. The predicted molar refractivity (Wildman–Crippen MR) is 156 cm³/mol. The van der Waals surface area contributed by atoms with Crippen molar-refractivity contribution >= 4 is 32.8 Å². The Labute approximate surface area is 216 Å². The van der Waals surface area contributed by atoms with Gasteiger partial charge in [-0.05, 0) is 78.2 Å².